The molecule has 156 valence electrons. The van der Waals surface area contributed by atoms with E-state index >= 15 is 0 Å². The number of hydrogen-bond donors (Lipinski definition) is 4. The second-order valence-corrected chi connectivity index (χ2v) is 7.25. The molecule has 2 aromatic heterocycles. The number of nitrogens with two attached hydrogens (primary N) is 2. The van der Waals surface area contributed by atoms with E-state index < -0.39 is 23.9 Å². The van der Waals surface area contributed by atoms with Gasteiger partial charge in [-0.05, 0) is 25.0 Å². The number of rotatable bonds is 5. The molecule has 1 saturated carbocycles. The number of pyridine rings is 1. The van der Waals surface area contributed by atoms with Gasteiger partial charge in [0.05, 0.1) is 23.4 Å². The highest BCUT2D eigenvalue weighted by molar-refractivity contribution is 5.98. The number of alkyl halides is 2. The van der Waals surface area contributed by atoms with Crippen LogP contribution in [-0.2, 0) is 0 Å². The Morgan fingerprint density at radius 1 is 1.20 bits per heavy atom. The van der Waals surface area contributed by atoms with Gasteiger partial charge in [0.1, 0.15) is 5.82 Å². The number of nitrogens with zero attached hydrogens (tertiary/aromatic N) is 3. The molecule has 0 bridgehead atoms. The number of anilines is 3. The molecule has 1 fully saturated rings. The molecule has 4 rings (SSSR count). The summed E-state index contributed by atoms with van der Waals surface area (Å²) in [5.41, 5.74) is 12.5. The maximum absolute atomic E-state index is 14.0. The largest absolute Gasteiger partial charge is 0.364 e. The van der Waals surface area contributed by atoms with E-state index in [0.29, 0.717) is 18.5 Å². The summed E-state index contributed by atoms with van der Waals surface area (Å²) in [6.07, 6.45) is 3.50. The molecule has 0 spiro atoms. The molecule has 1 aliphatic carbocycles. The minimum Gasteiger partial charge on any atom is -0.364 e. The highest BCUT2D eigenvalue weighted by Gasteiger charge is 2.44. The van der Waals surface area contributed by atoms with Crippen LogP contribution in [0.25, 0.3) is 10.9 Å². The fourth-order valence-corrected chi connectivity index (χ4v) is 3.61. The monoisotopic (exact) mass is 413 g/mol. The summed E-state index contributed by atoms with van der Waals surface area (Å²) >= 11 is 0. The second kappa shape index (κ2) is 7.79. The van der Waals surface area contributed by atoms with E-state index in [0.717, 1.165) is 10.9 Å². The van der Waals surface area contributed by atoms with Crippen molar-refractivity contribution in [2.45, 2.75) is 37.3 Å². The Labute approximate surface area is 171 Å². The van der Waals surface area contributed by atoms with E-state index in [1.54, 1.807) is 12.3 Å². The molecule has 2 heterocycles. The maximum Gasteiger partial charge on any atom is 0.271 e. The standard InChI is InChI=1S/C20H21F2N7O/c21-20(22)8-3-6-14(17(20)23)27-15-10-26-16(18(24)30)19(29-15)28-13-7-9-25-12-5-2-1-4-11(12)13/h1-2,4-5,7,9-10,14,17H,3,6,8,23H2,(H2,24,30)(H2,25,27,28,29). The summed E-state index contributed by atoms with van der Waals surface area (Å²) in [6.45, 7) is 0. The SMILES string of the molecule is NC(=O)c1ncc(NC2CCCC(F)(F)C2N)nc1Nc1ccnc2ccccc12. The fourth-order valence-electron chi connectivity index (χ4n) is 3.61. The lowest BCUT2D eigenvalue weighted by Crippen LogP contribution is -2.55. The number of nitrogens with one attached hydrogen (secondary N) is 2. The quantitative estimate of drug-likeness (QED) is 0.506. The molecule has 3 aromatic rings. The number of fused-ring (bicyclic) bond motifs is 1. The predicted molar refractivity (Wildman–Crippen MR) is 110 cm³/mol. The van der Waals surface area contributed by atoms with E-state index in [4.69, 9.17) is 11.5 Å². The number of aromatic nitrogens is 3. The van der Waals surface area contributed by atoms with Crippen LogP contribution in [0.2, 0.25) is 0 Å². The van der Waals surface area contributed by atoms with Crippen molar-refractivity contribution in [1.82, 2.24) is 15.0 Å². The Hall–Kier alpha value is -3.40. The fraction of sp³-hybridized carbons (Fsp3) is 0.300. The van der Waals surface area contributed by atoms with Crippen molar-refractivity contribution in [1.29, 1.82) is 0 Å². The van der Waals surface area contributed by atoms with Crippen LogP contribution in [0.3, 0.4) is 0 Å². The van der Waals surface area contributed by atoms with Gasteiger partial charge in [0, 0.05) is 24.0 Å². The Kier molecular flexibility index (Phi) is 5.17. The van der Waals surface area contributed by atoms with E-state index in [-0.39, 0.29) is 23.8 Å². The molecular weight excluding hydrogens is 392 g/mol. The zero-order valence-electron chi connectivity index (χ0n) is 16.0. The van der Waals surface area contributed by atoms with Crippen LogP contribution >= 0.6 is 0 Å². The van der Waals surface area contributed by atoms with Gasteiger partial charge in [-0.1, -0.05) is 18.2 Å². The number of para-hydroxylation sites is 1. The second-order valence-electron chi connectivity index (χ2n) is 7.25. The molecule has 10 heteroatoms. The van der Waals surface area contributed by atoms with E-state index in [1.165, 1.54) is 6.20 Å². The molecule has 0 saturated heterocycles. The van der Waals surface area contributed by atoms with Crippen molar-refractivity contribution in [2.75, 3.05) is 10.6 Å². The summed E-state index contributed by atoms with van der Waals surface area (Å²) < 4.78 is 27.9. The van der Waals surface area contributed by atoms with Crippen molar-refractivity contribution in [3.63, 3.8) is 0 Å². The van der Waals surface area contributed by atoms with Crippen molar-refractivity contribution < 1.29 is 13.6 Å². The number of amides is 1. The van der Waals surface area contributed by atoms with Crippen LogP contribution in [0.1, 0.15) is 29.8 Å². The van der Waals surface area contributed by atoms with Gasteiger partial charge in [-0.25, -0.2) is 18.7 Å². The van der Waals surface area contributed by atoms with Crippen LogP contribution in [0, 0.1) is 0 Å². The molecule has 0 aliphatic heterocycles. The Morgan fingerprint density at radius 3 is 2.80 bits per heavy atom. The van der Waals surface area contributed by atoms with Crippen molar-refractivity contribution >= 4 is 34.1 Å². The minimum absolute atomic E-state index is 0.0697. The number of benzene rings is 1. The van der Waals surface area contributed by atoms with E-state index in [1.807, 2.05) is 24.3 Å². The highest BCUT2D eigenvalue weighted by Crippen LogP contribution is 2.34. The summed E-state index contributed by atoms with van der Waals surface area (Å²) in [7, 11) is 0. The predicted octanol–water partition coefficient (Wildman–Crippen LogP) is 2.79. The summed E-state index contributed by atoms with van der Waals surface area (Å²) in [6, 6.07) is 7.16. The number of primary amides is 1. The first kappa shape index (κ1) is 19.9. The van der Waals surface area contributed by atoms with Crippen LogP contribution in [0.4, 0.5) is 26.1 Å². The third-order valence-corrected chi connectivity index (χ3v) is 5.19. The van der Waals surface area contributed by atoms with Crippen LogP contribution in [0.15, 0.2) is 42.7 Å². The third kappa shape index (κ3) is 3.86. The first-order chi connectivity index (χ1) is 14.3. The first-order valence-electron chi connectivity index (χ1n) is 9.53. The van der Waals surface area contributed by atoms with E-state index in [2.05, 4.69) is 25.6 Å². The Morgan fingerprint density at radius 2 is 2.00 bits per heavy atom. The average molecular weight is 413 g/mol. The number of carbonyl (C=O) groups is 1. The van der Waals surface area contributed by atoms with Crippen LogP contribution < -0.4 is 22.1 Å². The average Bonchev–Trinajstić information content (AvgIpc) is 2.72. The highest BCUT2D eigenvalue weighted by atomic mass is 19.3. The molecule has 1 aliphatic rings. The van der Waals surface area contributed by atoms with Gasteiger partial charge in [-0.3, -0.25) is 9.78 Å². The van der Waals surface area contributed by atoms with Gasteiger partial charge in [-0.15, -0.1) is 0 Å². The summed E-state index contributed by atoms with van der Waals surface area (Å²) in [5.74, 6) is -3.39. The van der Waals surface area contributed by atoms with Crippen molar-refractivity contribution in [2.24, 2.45) is 11.5 Å². The number of halogens is 2. The molecule has 0 radical (unpaired) electrons. The van der Waals surface area contributed by atoms with Gasteiger partial charge < -0.3 is 22.1 Å². The minimum atomic E-state index is -2.95. The van der Waals surface area contributed by atoms with Gasteiger partial charge in [-0.2, -0.15) is 0 Å². The third-order valence-electron chi connectivity index (χ3n) is 5.19. The molecule has 6 N–H and O–H groups in total. The molecular formula is C20H21F2N7O. The van der Waals surface area contributed by atoms with Gasteiger partial charge in [0.25, 0.3) is 11.8 Å². The van der Waals surface area contributed by atoms with Crippen LogP contribution in [0.5, 0.6) is 0 Å². The molecule has 8 nitrogen and oxygen atoms in total. The normalized spacial score (nSPS) is 20.6. The number of carbonyl (C=O) groups excluding carboxylic acids is 1. The summed E-state index contributed by atoms with van der Waals surface area (Å²) in [4.78, 5) is 24.6. The molecule has 1 amide bonds. The molecule has 2 atom stereocenters. The lowest BCUT2D eigenvalue weighted by Gasteiger charge is -2.36. The number of hydrogen-bond acceptors (Lipinski definition) is 7. The zero-order chi connectivity index (χ0) is 21.3. The van der Waals surface area contributed by atoms with Crippen molar-refractivity contribution in [3.05, 3.63) is 48.4 Å². The molecule has 2 unspecified atom stereocenters. The lowest BCUT2D eigenvalue weighted by molar-refractivity contribution is -0.0554. The van der Waals surface area contributed by atoms with Gasteiger partial charge in [0.2, 0.25) is 0 Å². The first-order valence-corrected chi connectivity index (χ1v) is 9.53. The lowest BCUT2D eigenvalue weighted by atomic mass is 9.87. The molecule has 30 heavy (non-hydrogen) atoms. The Balaban J connectivity index is 1.66. The summed E-state index contributed by atoms with van der Waals surface area (Å²) in [5, 5.41) is 6.81. The van der Waals surface area contributed by atoms with Gasteiger partial charge in [0.15, 0.2) is 11.5 Å². The van der Waals surface area contributed by atoms with Crippen LogP contribution in [-0.4, -0.2) is 38.9 Å². The maximum atomic E-state index is 14.0. The topological polar surface area (TPSA) is 132 Å². The van der Waals surface area contributed by atoms with Crippen molar-refractivity contribution in [3.8, 4) is 0 Å². The van der Waals surface area contributed by atoms with E-state index in [9.17, 15) is 13.6 Å². The molecule has 1 aromatic carbocycles. The smallest absolute Gasteiger partial charge is 0.271 e. The zero-order valence-corrected chi connectivity index (χ0v) is 16.0. The Bertz CT molecular complexity index is 1090. The van der Waals surface area contributed by atoms with Gasteiger partial charge >= 0.3 is 0 Å².